The van der Waals surface area contributed by atoms with Crippen LogP contribution >= 0.6 is 0 Å². The summed E-state index contributed by atoms with van der Waals surface area (Å²) in [4.78, 5) is 14.3. The van der Waals surface area contributed by atoms with Crippen molar-refractivity contribution in [3.05, 3.63) is 53.0 Å². The van der Waals surface area contributed by atoms with Gasteiger partial charge in [-0.3, -0.25) is 4.79 Å². The lowest BCUT2D eigenvalue weighted by molar-refractivity contribution is -0.105. The topological polar surface area (TPSA) is 91.9 Å². The molecule has 1 aromatic carbocycles. The predicted octanol–water partition coefficient (Wildman–Crippen LogP) is 1.77. The molecular weight excluding hydrogens is 271 g/mol. The molecule has 0 radical (unpaired) electrons. The molecule has 0 fully saturated rings. The Bertz CT molecular complexity index is 762. The Labute approximate surface area is 120 Å². The first kappa shape index (κ1) is 14.2. The minimum Gasteiger partial charge on any atom is -0.383 e. The fourth-order valence-electron chi connectivity index (χ4n) is 1.60. The molecule has 0 bridgehead atoms. The molecule has 0 aliphatic rings. The lowest BCUT2D eigenvalue weighted by Crippen LogP contribution is -1.97. The van der Waals surface area contributed by atoms with E-state index in [-0.39, 0.29) is 11.5 Å². The minimum absolute atomic E-state index is 0.0624. The maximum Gasteiger partial charge on any atom is 0.211 e. The van der Waals surface area contributed by atoms with E-state index < -0.39 is 5.82 Å². The normalized spacial score (nSPS) is 9.38. The zero-order chi connectivity index (χ0) is 15.2. The highest BCUT2D eigenvalue weighted by atomic mass is 19.1. The number of aromatic nitrogens is 1. The number of benzene rings is 1. The molecule has 21 heavy (non-hydrogen) atoms. The zero-order valence-electron chi connectivity index (χ0n) is 10.9. The second kappa shape index (κ2) is 6.30. The van der Waals surface area contributed by atoms with E-state index in [0.29, 0.717) is 23.1 Å². The summed E-state index contributed by atoms with van der Waals surface area (Å²) in [5.74, 6) is 5.40. The third-order valence-electron chi connectivity index (χ3n) is 2.64. The average Bonchev–Trinajstić information content (AvgIpc) is 2.49. The van der Waals surface area contributed by atoms with Crippen molar-refractivity contribution in [1.82, 2.24) is 4.98 Å². The van der Waals surface area contributed by atoms with E-state index in [2.05, 4.69) is 22.1 Å². The number of nitrogens with one attached hydrogen (secondary N) is 2. The number of carbonyl (C=O) groups excluding carboxylic acids is 1. The number of halogens is 1. The van der Waals surface area contributed by atoms with E-state index in [1.54, 1.807) is 6.07 Å². The van der Waals surface area contributed by atoms with Gasteiger partial charge in [0.05, 0.1) is 5.69 Å². The maximum absolute atomic E-state index is 13.3. The standard InChI is InChI=1S/C15H11FN4O/c16-13-4-3-10(6-14(13)20-9-21)1-2-11-5-12(7-17)15(18)19-8-11/h3-9,17H,(H2,18,19)(H,20,21). The lowest BCUT2D eigenvalue weighted by atomic mass is 10.1. The molecule has 0 atom stereocenters. The van der Waals surface area contributed by atoms with Crippen LogP contribution in [0.2, 0.25) is 0 Å². The Morgan fingerprint density at radius 2 is 2.05 bits per heavy atom. The zero-order valence-corrected chi connectivity index (χ0v) is 10.9. The summed E-state index contributed by atoms with van der Waals surface area (Å²) in [7, 11) is 0. The molecule has 1 amide bonds. The molecule has 1 heterocycles. The van der Waals surface area contributed by atoms with Crippen molar-refractivity contribution < 1.29 is 9.18 Å². The van der Waals surface area contributed by atoms with Gasteiger partial charge in [0, 0.05) is 29.1 Å². The third-order valence-corrected chi connectivity index (χ3v) is 2.64. The molecule has 0 spiro atoms. The molecule has 0 unspecified atom stereocenters. The molecular formula is C15H11FN4O. The van der Waals surface area contributed by atoms with Crippen LogP contribution in [0.3, 0.4) is 0 Å². The first-order valence-electron chi connectivity index (χ1n) is 5.92. The highest BCUT2D eigenvalue weighted by Crippen LogP contribution is 2.15. The number of hydrogen-bond acceptors (Lipinski definition) is 4. The van der Waals surface area contributed by atoms with Gasteiger partial charge in [0.2, 0.25) is 6.41 Å². The Morgan fingerprint density at radius 1 is 1.29 bits per heavy atom. The summed E-state index contributed by atoms with van der Waals surface area (Å²) in [5, 5.41) is 9.46. The van der Waals surface area contributed by atoms with Gasteiger partial charge < -0.3 is 16.5 Å². The van der Waals surface area contributed by atoms with Gasteiger partial charge in [0.15, 0.2) is 0 Å². The van der Waals surface area contributed by atoms with Crippen LogP contribution in [0.4, 0.5) is 15.9 Å². The fraction of sp³-hybridized carbons (Fsp3) is 0. The van der Waals surface area contributed by atoms with E-state index in [1.807, 2.05) is 0 Å². The van der Waals surface area contributed by atoms with E-state index in [1.165, 1.54) is 24.4 Å². The van der Waals surface area contributed by atoms with Crippen LogP contribution in [0.5, 0.6) is 0 Å². The van der Waals surface area contributed by atoms with Crippen LogP contribution in [0.15, 0.2) is 30.5 Å². The van der Waals surface area contributed by atoms with Crippen LogP contribution in [0.25, 0.3) is 0 Å². The number of nitrogens with two attached hydrogens (primary N) is 1. The Hall–Kier alpha value is -3.20. The first-order valence-corrected chi connectivity index (χ1v) is 5.92. The van der Waals surface area contributed by atoms with Crippen molar-refractivity contribution in [3.63, 3.8) is 0 Å². The minimum atomic E-state index is -0.534. The molecule has 0 saturated carbocycles. The van der Waals surface area contributed by atoms with Gasteiger partial charge in [-0.2, -0.15) is 0 Å². The SMILES string of the molecule is N=Cc1cc(C#Cc2ccc(F)c(NC=O)c2)cnc1N. The van der Waals surface area contributed by atoms with E-state index >= 15 is 0 Å². The van der Waals surface area contributed by atoms with Gasteiger partial charge in [-0.25, -0.2) is 9.37 Å². The first-order chi connectivity index (χ1) is 10.1. The summed E-state index contributed by atoms with van der Waals surface area (Å²) < 4.78 is 13.3. The van der Waals surface area contributed by atoms with Gasteiger partial charge in [0.25, 0.3) is 0 Å². The van der Waals surface area contributed by atoms with Gasteiger partial charge in [-0.1, -0.05) is 11.8 Å². The molecule has 5 nitrogen and oxygen atoms in total. The van der Waals surface area contributed by atoms with Crippen molar-refractivity contribution >= 4 is 24.1 Å². The fourth-order valence-corrected chi connectivity index (χ4v) is 1.60. The smallest absolute Gasteiger partial charge is 0.211 e. The predicted molar refractivity (Wildman–Crippen MR) is 78.6 cm³/mol. The number of rotatable bonds is 3. The molecule has 0 aliphatic heterocycles. The molecule has 2 rings (SSSR count). The molecule has 2 aromatic rings. The summed E-state index contributed by atoms with van der Waals surface area (Å²) in [6.07, 6.45) is 2.98. The number of amides is 1. The van der Waals surface area contributed by atoms with E-state index in [4.69, 9.17) is 11.1 Å². The van der Waals surface area contributed by atoms with Crippen molar-refractivity contribution in [1.29, 1.82) is 5.41 Å². The third kappa shape index (κ3) is 3.42. The summed E-state index contributed by atoms with van der Waals surface area (Å²) >= 11 is 0. The molecule has 6 heteroatoms. The number of nitrogen functional groups attached to an aromatic ring is 1. The number of hydrogen-bond donors (Lipinski definition) is 3. The van der Waals surface area contributed by atoms with Gasteiger partial charge in [0.1, 0.15) is 11.6 Å². The van der Waals surface area contributed by atoms with Gasteiger partial charge >= 0.3 is 0 Å². The number of nitrogens with zero attached hydrogens (tertiary/aromatic N) is 1. The second-order valence-electron chi connectivity index (χ2n) is 4.05. The Morgan fingerprint density at radius 3 is 2.76 bits per heavy atom. The molecule has 104 valence electrons. The Balaban J connectivity index is 2.32. The number of carbonyl (C=O) groups is 1. The molecule has 4 N–H and O–H groups in total. The van der Waals surface area contributed by atoms with Crippen LogP contribution in [-0.2, 0) is 4.79 Å². The largest absolute Gasteiger partial charge is 0.383 e. The quantitative estimate of drug-likeness (QED) is 0.455. The van der Waals surface area contributed by atoms with Crippen molar-refractivity contribution in [2.75, 3.05) is 11.1 Å². The summed E-state index contributed by atoms with van der Waals surface area (Å²) in [6, 6.07) is 5.79. The van der Waals surface area contributed by atoms with Crippen molar-refractivity contribution in [2.45, 2.75) is 0 Å². The maximum atomic E-state index is 13.3. The second-order valence-corrected chi connectivity index (χ2v) is 4.05. The molecule has 0 saturated heterocycles. The highest BCUT2D eigenvalue weighted by molar-refractivity contribution is 5.83. The molecule has 0 aliphatic carbocycles. The summed E-state index contributed by atoms with van der Waals surface area (Å²) in [5.41, 5.74) is 7.24. The van der Waals surface area contributed by atoms with E-state index in [9.17, 15) is 9.18 Å². The lowest BCUT2D eigenvalue weighted by Gasteiger charge is -2.01. The highest BCUT2D eigenvalue weighted by Gasteiger charge is 2.01. The van der Waals surface area contributed by atoms with Gasteiger partial charge in [-0.05, 0) is 24.3 Å². The number of pyridine rings is 1. The monoisotopic (exact) mass is 282 g/mol. The van der Waals surface area contributed by atoms with Crippen molar-refractivity contribution in [3.8, 4) is 11.8 Å². The summed E-state index contributed by atoms with van der Waals surface area (Å²) in [6.45, 7) is 0. The van der Waals surface area contributed by atoms with Crippen LogP contribution in [0, 0.1) is 23.1 Å². The van der Waals surface area contributed by atoms with Crippen LogP contribution in [0.1, 0.15) is 16.7 Å². The van der Waals surface area contributed by atoms with Crippen LogP contribution in [-0.4, -0.2) is 17.6 Å². The van der Waals surface area contributed by atoms with Crippen molar-refractivity contribution in [2.24, 2.45) is 0 Å². The van der Waals surface area contributed by atoms with Crippen LogP contribution < -0.4 is 11.1 Å². The van der Waals surface area contributed by atoms with E-state index in [0.717, 1.165) is 6.21 Å². The van der Waals surface area contributed by atoms with Gasteiger partial charge in [-0.15, -0.1) is 0 Å². The molecule has 1 aromatic heterocycles. The Kier molecular flexibility index (Phi) is 4.26. The number of anilines is 2. The average molecular weight is 282 g/mol.